The van der Waals surface area contributed by atoms with E-state index in [1.165, 1.54) is 14.0 Å². The maximum atomic E-state index is 9.59. The van der Waals surface area contributed by atoms with Crippen LogP contribution in [0.2, 0.25) is 0 Å². The maximum Gasteiger partial charge on any atom is 0.302 e. The molecule has 0 atom stereocenters. The van der Waals surface area contributed by atoms with Gasteiger partial charge in [0.05, 0.1) is 19.6 Å². The van der Waals surface area contributed by atoms with Crippen LogP contribution in [-0.4, -0.2) is 30.1 Å². The summed E-state index contributed by atoms with van der Waals surface area (Å²) >= 11 is -0.611. The van der Waals surface area contributed by atoms with Crippen molar-refractivity contribution < 1.29 is 14.1 Å². The monoisotopic (exact) mass is 152 g/mol. The molecule has 0 bridgehead atoms. The van der Waals surface area contributed by atoms with E-state index >= 15 is 0 Å². The number of hydrogen-bond donors (Lipinski definition) is 0. The Morgan fingerprint density at radius 2 is 1.67 bits per heavy atom. The van der Waals surface area contributed by atoms with Crippen LogP contribution >= 0.6 is 0 Å². The van der Waals surface area contributed by atoms with Crippen molar-refractivity contribution in [1.82, 2.24) is 0 Å². The van der Waals surface area contributed by atoms with Crippen molar-refractivity contribution in [1.29, 1.82) is 0 Å². The molecule has 0 aliphatic carbocycles. The van der Waals surface area contributed by atoms with E-state index < -0.39 is 11.2 Å². The molecule has 56 valence electrons. The molecule has 0 aliphatic rings. The van der Waals surface area contributed by atoms with Crippen molar-refractivity contribution in [2.24, 2.45) is 0 Å². The van der Waals surface area contributed by atoms with E-state index in [0.29, 0.717) is 0 Å². The Labute approximate surface area is 58.6 Å². The molecule has 0 fully saturated rings. The first-order valence-electron chi connectivity index (χ1n) is 2.30. The molecule has 0 amide bonds. The summed E-state index contributed by atoms with van der Waals surface area (Å²) in [5.74, 6) is -0.245. The normalized spacial score (nSPS) is 7.78. The highest BCUT2D eigenvalue weighted by atomic mass is 32.2. The number of methoxy groups -OCH3 is 1. The minimum absolute atomic E-state index is 0.245. The van der Waals surface area contributed by atoms with E-state index in [9.17, 15) is 9.35 Å². The van der Waals surface area contributed by atoms with E-state index in [1.807, 2.05) is 0 Å². The van der Waals surface area contributed by atoms with Gasteiger partial charge in [0.2, 0.25) is 0 Å². The number of ether oxygens (including phenoxy) is 1. The Bertz CT molecular complexity index is 69.8. The standard InChI is InChI=1S/C3H6O2.C2H6OS/c1-3(4)5-2;1-4(2)3/h1-2H3;1-2H3. The average Bonchev–Trinajstić information content (AvgIpc) is 1.65. The largest absolute Gasteiger partial charge is 0.617 e. The van der Waals surface area contributed by atoms with Gasteiger partial charge < -0.3 is 9.29 Å². The van der Waals surface area contributed by atoms with Gasteiger partial charge in [-0.2, -0.15) is 0 Å². The van der Waals surface area contributed by atoms with Gasteiger partial charge in [0.15, 0.2) is 0 Å². The molecule has 9 heavy (non-hydrogen) atoms. The predicted octanol–water partition coefficient (Wildman–Crippen LogP) is 0.174. The van der Waals surface area contributed by atoms with Crippen molar-refractivity contribution in [3.05, 3.63) is 0 Å². The number of carbonyl (C=O) groups excluding carboxylic acids is 1. The Morgan fingerprint density at radius 3 is 1.67 bits per heavy atom. The number of rotatable bonds is 0. The van der Waals surface area contributed by atoms with E-state index in [4.69, 9.17) is 0 Å². The molecule has 3 nitrogen and oxygen atoms in total. The number of esters is 1. The molecule has 0 aromatic rings. The zero-order valence-electron chi connectivity index (χ0n) is 6.13. The van der Waals surface area contributed by atoms with Gasteiger partial charge in [0.25, 0.3) is 0 Å². The zero-order valence-corrected chi connectivity index (χ0v) is 6.95. The molecule has 0 aromatic carbocycles. The van der Waals surface area contributed by atoms with Crippen LogP contribution in [0.1, 0.15) is 6.92 Å². The van der Waals surface area contributed by atoms with Crippen LogP contribution in [0.4, 0.5) is 0 Å². The number of hydrogen-bond acceptors (Lipinski definition) is 3. The van der Waals surface area contributed by atoms with Gasteiger partial charge in [-0.1, -0.05) is 11.2 Å². The van der Waals surface area contributed by atoms with E-state index in [1.54, 1.807) is 12.5 Å². The third kappa shape index (κ3) is 82.0. The number of carbonyl (C=O) groups is 1. The molecule has 0 spiro atoms. The second-order valence-electron chi connectivity index (χ2n) is 1.44. The van der Waals surface area contributed by atoms with Crippen LogP contribution in [0.5, 0.6) is 0 Å². The summed E-state index contributed by atoms with van der Waals surface area (Å²) in [4.78, 5) is 9.59. The summed E-state index contributed by atoms with van der Waals surface area (Å²) in [6.07, 6.45) is 3.28. The van der Waals surface area contributed by atoms with Crippen LogP contribution < -0.4 is 0 Å². The summed E-state index contributed by atoms with van der Waals surface area (Å²) in [6, 6.07) is 0. The van der Waals surface area contributed by atoms with Crippen molar-refractivity contribution in [2.75, 3.05) is 19.6 Å². The van der Waals surface area contributed by atoms with Gasteiger partial charge >= 0.3 is 5.97 Å². The lowest BCUT2D eigenvalue weighted by molar-refractivity contribution is -0.137. The molecule has 0 saturated carbocycles. The lowest BCUT2D eigenvalue weighted by Gasteiger charge is -1.87. The van der Waals surface area contributed by atoms with E-state index in [2.05, 4.69) is 4.74 Å². The Morgan fingerprint density at radius 1 is 1.56 bits per heavy atom. The molecule has 0 aromatic heterocycles. The van der Waals surface area contributed by atoms with E-state index in [0.717, 1.165) is 0 Å². The minimum Gasteiger partial charge on any atom is -0.617 e. The summed E-state index contributed by atoms with van der Waals surface area (Å²) in [6.45, 7) is 1.36. The fourth-order valence-corrected chi connectivity index (χ4v) is 0. The molecule has 0 heterocycles. The first-order chi connectivity index (χ1) is 4.00. The van der Waals surface area contributed by atoms with Gasteiger partial charge in [-0.05, 0) is 0 Å². The summed E-state index contributed by atoms with van der Waals surface area (Å²) < 4.78 is 13.7. The van der Waals surface area contributed by atoms with Gasteiger partial charge in [0.1, 0.15) is 0 Å². The first kappa shape index (κ1) is 11.6. The highest BCUT2D eigenvalue weighted by Crippen LogP contribution is 1.61. The maximum absolute atomic E-state index is 9.59. The van der Waals surface area contributed by atoms with E-state index in [-0.39, 0.29) is 5.97 Å². The lowest BCUT2D eigenvalue weighted by Crippen LogP contribution is -1.88. The summed E-state index contributed by atoms with van der Waals surface area (Å²) in [5.41, 5.74) is 0. The predicted molar refractivity (Wildman–Crippen MR) is 37.7 cm³/mol. The van der Waals surface area contributed by atoms with Gasteiger partial charge in [-0.25, -0.2) is 0 Å². The molecule has 0 saturated heterocycles. The van der Waals surface area contributed by atoms with Crippen LogP contribution in [-0.2, 0) is 20.7 Å². The third-order valence-corrected chi connectivity index (χ3v) is 0.287. The molecule has 0 radical (unpaired) electrons. The summed E-state index contributed by atoms with van der Waals surface area (Å²) in [5, 5.41) is 0. The second kappa shape index (κ2) is 7.78. The van der Waals surface area contributed by atoms with Gasteiger partial charge in [-0.3, -0.25) is 4.79 Å². The lowest BCUT2D eigenvalue weighted by atomic mass is 10.8. The molecular formula is C5H12O3S. The second-order valence-corrected chi connectivity index (χ2v) is 2.92. The van der Waals surface area contributed by atoms with Crippen molar-refractivity contribution in [3.8, 4) is 0 Å². The van der Waals surface area contributed by atoms with Crippen LogP contribution in [0, 0.1) is 0 Å². The highest BCUT2D eigenvalue weighted by molar-refractivity contribution is 7.89. The molecule has 0 N–H and O–H groups in total. The molecular weight excluding hydrogens is 140 g/mol. The van der Waals surface area contributed by atoms with Gasteiger partial charge in [0, 0.05) is 6.92 Å². The van der Waals surface area contributed by atoms with Crippen molar-refractivity contribution in [3.63, 3.8) is 0 Å². The highest BCUT2D eigenvalue weighted by Gasteiger charge is 1.75. The quantitative estimate of drug-likeness (QED) is 0.367. The fourth-order valence-electron chi connectivity index (χ4n) is 0. The first-order valence-corrected chi connectivity index (χ1v) is 4.27. The zero-order chi connectivity index (χ0) is 7.86. The Hall–Kier alpha value is -0.220. The summed E-state index contributed by atoms with van der Waals surface area (Å²) in [7, 11) is 1.35. The van der Waals surface area contributed by atoms with Crippen LogP contribution in [0.15, 0.2) is 0 Å². The Balaban J connectivity index is 0. The van der Waals surface area contributed by atoms with Crippen molar-refractivity contribution >= 4 is 17.1 Å². The Kier molecular flexibility index (Phi) is 9.99. The minimum atomic E-state index is -0.611. The average molecular weight is 152 g/mol. The van der Waals surface area contributed by atoms with Crippen LogP contribution in [0.3, 0.4) is 0 Å². The van der Waals surface area contributed by atoms with Crippen molar-refractivity contribution in [2.45, 2.75) is 6.92 Å². The SMILES string of the molecule is COC(C)=O.C[S+](C)[O-]. The fraction of sp³-hybridized carbons (Fsp3) is 0.800. The third-order valence-electron chi connectivity index (χ3n) is 0.287. The molecule has 0 aliphatic heterocycles. The van der Waals surface area contributed by atoms with Gasteiger partial charge in [-0.15, -0.1) is 0 Å². The molecule has 0 unspecified atom stereocenters. The topological polar surface area (TPSA) is 49.4 Å². The molecule has 4 heteroatoms. The smallest absolute Gasteiger partial charge is 0.302 e. The van der Waals surface area contributed by atoms with Crippen LogP contribution in [0.25, 0.3) is 0 Å². The molecule has 0 rings (SSSR count).